The molecule has 1 aromatic rings. The number of amides is 1. The van der Waals surface area contributed by atoms with Crippen molar-refractivity contribution in [3.05, 3.63) is 29.8 Å². The van der Waals surface area contributed by atoms with Crippen LogP contribution in [0.1, 0.15) is 10.4 Å². The number of carbonyl (C=O) groups excluding carboxylic acids is 1. The number of rotatable bonds is 4. The van der Waals surface area contributed by atoms with Crippen molar-refractivity contribution in [3.8, 4) is 0 Å². The van der Waals surface area contributed by atoms with E-state index in [0.717, 1.165) is 0 Å². The molecule has 6 nitrogen and oxygen atoms in total. The predicted octanol–water partition coefficient (Wildman–Crippen LogP) is 0.0148. The number of benzene rings is 1. The average Bonchev–Trinajstić information content (AvgIpc) is 2.17. The molecule has 0 aromatic heterocycles. The summed E-state index contributed by atoms with van der Waals surface area (Å²) in [6.07, 6.45) is 0. The molecule has 0 radical (unpaired) electrons. The summed E-state index contributed by atoms with van der Waals surface area (Å²) < 4.78 is 0. The predicted molar refractivity (Wildman–Crippen MR) is 51.9 cm³/mol. The van der Waals surface area contributed by atoms with Crippen LogP contribution in [0.2, 0.25) is 0 Å². The summed E-state index contributed by atoms with van der Waals surface area (Å²) in [7, 11) is 0. The smallest absolute Gasteiger partial charge is 0.332 e. The molecule has 0 saturated heterocycles. The summed E-state index contributed by atoms with van der Waals surface area (Å²) in [5, 5.41) is 8.25. The average molecular weight is 210 g/mol. The molecule has 1 aromatic carbocycles. The van der Waals surface area contributed by atoms with Crippen molar-refractivity contribution in [2.75, 3.05) is 12.3 Å². The Labute approximate surface area is 85.6 Å². The maximum Gasteiger partial charge on any atom is 0.332 e. The Morgan fingerprint density at radius 1 is 1.40 bits per heavy atom. The lowest BCUT2D eigenvalue weighted by atomic mass is 10.2. The Hall–Kier alpha value is -2.08. The van der Waals surface area contributed by atoms with E-state index < -0.39 is 18.5 Å². The highest BCUT2D eigenvalue weighted by Crippen LogP contribution is 2.09. The van der Waals surface area contributed by atoms with Gasteiger partial charge in [-0.3, -0.25) is 9.63 Å². The first-order valence-corrected chi connectivity index (χ1v) is 4.09. The maximum absolute atomic E-state index is 11.3. The summed E-state index contributed by atoms with van der Waals surface area (Å²) in [6.45, 7) is -0.599. The molecule has 0 unspecified atom stereocenters. The van der Waals surface area contributed by atoms with Gasteiger partial charge < -0.3 is 10.8 Å². The van der Waals surface area contributed by atoms with Crippen molar-refractivity contribution < 1.29 is 19.5 Å². The molecule has 0 aliphatic rings. The summed E-state index contributed by atoms with van der Waals surface area (Å²) >= 11 is 0. The number of carboxylic acid groups (broad SMARTS) is 1. The van der Waals surface area contributed by atoms with Gasteiger partial charge in [-0.05, 0) is 12.1 Å². The molecular formula is C9H10N2O4. The van der Waals surface area contributed by atoms with E-state index in [1.807, 2.05) is 5.48 Å². The molecule has 1 amide bonds. The minimum atomic E-state index is -1.17. The Morgan fingerprint density at radius 3 is 2.67 bits per heavy atom. The van der Waals surface area contributed by atoms with Gasteiger partial charge in [-0.2, -0.15) is 0 Å². The molecule has 0 aliphatic carbocycles. The van der Waals surface area contributed by atoms with Gasteiger partial charge in [-0.25, -0.2) is 10.3 Å². The van der Waals surface area contributed by atoms with Gasteiger partial charge in [0.05, 0.1) is 5.56 Å². The van der Waals surface area contributed by atoms with Gasteiger partial charge in [-0.1, -0.05) is 12.1 Å². The third kappa shape index (κ3) is 3.28. The van der Waals surface area contributed by atoms with Crippen molar-refractivity contribution in [1.29, 1.82) is 0 Å². The van der Waals surface area contributed by atoms with Gasteiger partial charge in [0.25, 0.3) is 5.91 Å². The van der Waals surface area contributed by atoms with Gasteiger partial charge >= 0.3 is 5.97 Å². The molecule has 4 N–H and O–H groups in total. The number of para-hydroxylation sites is 1. The lowest BCUT2D eigenvalue weighted by molar-refractivity contribution is -0.144. The lowest BCUT2D eigenvalue weighted by Gasteiger charge is -2.05. The van der Waals surface area contributed by atoms with E-state index in [9.17, 15) is 9.59 Å². The number of nitrogens with one attached hydrogen (secondary N) is 1. The Balaban J connectivity index is 2.54. The van der Waals surface area contributed by atoms with Gasteiger partial charge in [-0.15, -0.1) is 0 Å². The minimum absolute atomic E-state index is 0.239. The highest BCUT2D eigenvalue weighted by molar-refractivity contribution is 5.98. The second-order valence-electron chi connectivity index (χ2n) is 2.70. The standard InChI is InChI=1S/C9H10N2O4/c10-7-4-2-1-3-6(7)9(14)11-15-5-8(12)13/h1-4H,5,10H2,(H,11,14)(H,12,13). The summed E-state index contributed by atoms with van der Waals surface area (Å²) in [4.78, 5) is 25.8. The van der Waals surface area contributed by atoms with E-state index in [1.54, 1.807) is 18.2 Å². The van der Waals surface area contributed by atoms with E-state index in [2.05, 4.69) is 4.84 Å². The van der Waals surface area contributed by atoms with Crippen LogP contribution in [0.15, 0.2) is 24.3 Å². The SMILES string of the molecule is Nc1ccccc1C(=O)NOCC(=O)O. The van der Waals surface area contributed by atoms with Crippen LogP contribution in [0.5, 0.6) is 0 Å². The van der Waals surface area contributed by atoms with Crippen LogP contribution in [-0.2, 0) is 9.63 Å². The molecule has 0 spiro atoms. The normalized spacial score (nSPS) is 9.60. The van der Waals surface area contributed by atoms with Crippen LogP contribution in [0.4, 0.5) is 5.69 Å². The summed E-state index contributed by atoms with van der Waals surface area (Å²) in [6, 6.07) is 6.40. The molecule has 80 valence electrons. The van der Waals surface area contributed by atoms with Gasteiger partial charge in [0.1, 0.15) is 0 Å². The molecule has 0 atom stereocenters. The summed E-state index contributed by atoms with van der Waals surface area (Å²) in [5.41, 5.74) is 8.03. The highest BCUT2D eigenvalue weighted by atomic mass is 16.7. The number of nitrogen functional groups attached to an aromatic ring is 1. The van der Waals surface area contributed by atoms with Crippen molar-refractivity contribution in [1.82, 2.24) is 5.48 Å². The number of hydroxylamine groups is 1. The van der Waals surface area contributed by atoms with E-state index in [1.165, 1.54) is 6.07 Å². The van der Waals surface area contributed by atoms with Crippen LogP contribution in [0, 0.1) is 0 Å². The lowest BCUT2D eigenvalue weighted by Crippen LogP contribution is -2.27. The third-order valence-electron chi connectivity index (χ3n) is 1.57. The van der Waals surface area contributed by atoms with Crippen molar-refractivity contribution >= 4 is 17.6 Å². The number of hydrogen-bond acceptors (Lipinski definition) is 4. The van der Waals surface area contributed by atoms with Crippen LogP contribution in [0.25, 0.3) is 0 Å². The van der Waals surface area contributed by atoms with Crippen LogP contribution in [0.3, 0.4) is 0 Å². The minimum Gasteiger partial charge on any atom is -0.479 e. The Kier molecular flexibility index (Phi) is 3.64. The number of carbonyl (C=O) groups is 2. The van der Waals surface area contributed by atoms with Crippen LogP contribution < -0.4 is 11.2 Å². The quantitative estimate of drug-likeness (QED) is 0.480. The first-order valence-electron chi connectivity index (χ1n) is 4.09. The summed E-state index contributed by atoms with van der Waals surface area (Å²) in [5.74, 6) is -1.74. The number of hydrogen-bond donors (Lipinski definition) is 3. The van der Waals surface area contributed by atoms with Crippen molar-refractivity contribution in [2.24, 2.45) is 0 Å². The van der Waals surface area contributed by atoms with E-state index in [-0.39, 0.29) is 5.56 Å². The zero-order valence-electron chi connectivity index (χ0n) is 7.77. The van der Waals surface area contributed by atoms with Gasteiger partial charge in [0.15, 0.2) is 6.61 Å². The van der Waals surface area contributed by atoms with E-state index in [4.69, 9.17) is 10.8 Å². The first-order chi connectivity index (χ1) is 7.11. The molecule has 15 heavy (non-hydrogen) atoms. The number of nitrogens with two attached hydrogens (primary N) is 1. The fourth-order valence-corrected chi connectivity index (χ4v) is 0.922. The maximum atomic E-state index is 11.3. The van der Waals surface area contributed by atoms with Crippen LogP contribution in [-0.4, -0.2) is 23.6 Å². The molecule has 1 rings (SSSR count). The van der Waals surface area contributed by atoms with Gasteiger partial charge in [0, 0.05) is 5.69 Å². The van der Waals surface area contributed by atoms with E-state index >= 15 is 0 Å². The molecule has 0 bridgehead atoms. The highest BCUT2D eigenvalue weighted by Gasteiger charge is 2.08. The molecule has 0 heterocycles. The largest absolute Gasteiger partial charge is 0.479 e. The van der Waals surface area contributed by atoms with Crippen molar-refractivity contribution in [2.45, 2.75) is 0 Å². The molecular weight excluding hydrogens is 200 g/mol. The van der Waals surface area contributed by atoms with E-state index in [0.29, 0.717) is 5.69 Å². The topological polar surface area (TPSA) is 102 Å². The molecule has 0 saturated carbocycles. The second kappa shape index (κ2) is 4.97. The van der Waals surface area contributed by atoms with Crippen LogP contribution >= 0.6 is 0 Å². The van der Waals surface area contributed by atoms with Crippen molar-refractivity contribution in [3.63, 3.8) is 0 Å². The molecule has 0 aliphatic heterocycles. The zero-order valence-corrected chi connectivity index (χ0v) is 7.77. The third-order valence-corrected chi connectivity index (χ3v) is 1.57. The Bertz CT molecular complexity index is 378. The second-order valence-corrected chi connectivity index (χ2v) is 2.70. The molecule has 0 fully saturated rings. The molecule has 6 heteroatoms. The number of aliphatic carboxylic acids is 1. The van der Waals surface area contributed by atoms with Gasteiger partial charge in [0.2, 0.25) is 0 Å². The monoisotopic (exact) mass is 210 g/mol. The number of anilines is 1. The zero-order chi connectivity index (χ0) is 11.3. The Morgan fingerprint density at radius 2 is 2.07 bits per heavy atom. The fourth-order valence-electron chi connectivity index (χ4n) is 0.922. The first kappa shape index (κ1) is 11.0. The number of carboxylic acids is 1. The fraction of sp³-hybridized carbons (Fsp3) is 0.111.